The van der Waals surface area contributed by atoms with Gasteiger partial charge in [0.15, 0.2) is 0 Å². The van der Waals surface area contributed by atoms with E-state index in [0.717, 1.165) is 6.42 Å². The molecule has 2 heteroatoms. The number of pyridine rings is 1. The van der Waals surface area contributed by atoms with Gasteiger partial charge in [-0.05, 0) is 24.1 Å². The van der Waals surface area contributed by atoms with Crippen molar-refractivity contribution < 1.29 is 0 Å². The van der Waals surface area contributed by atoms with Crippen molar-refractivity contribution in [2.24, 2.45) is 0 Å². The van der Waals surface area contributed by atoms with Crippen LogP contribution in [0.4, 0.5) is 5.82 Å². The summed E-state index contributed by atoms with van der Waals surface area (Å²) in [6, 6.07) is 3.71. The molecule has 0 unspecified atom stereocenters. The summed E-state index contributed by atoms with van der Waals surface area (Å²) in [6.45, 7) is 2.06. The number of hydrogen-bond acceptors (Lipinski definition) is 1. The van der Waals surface area contributed by atoms with Gasteiger partial charge >= 0.3 is 0 Å². The second-order valence-electron chi connectivity index (χ2n) is 1.90. The molecular weight excluding hydrogens is 112 g/mol. The van der Waals surface area contributed by atoms with Gasteiger partial charge in [0.1, 0.15) is 5.82 Å². The average Bonchev–Trinajstić information content (AvgIpc) is 1.88. The number of hydrogen-bond donors (Lipinski definition) is 0. The van der Waals surface area contributed by atoms with Crippen LogP contribution < -0.4 is 5.73 Å². The Morgan fingerprint density at radius 2 is 2.44 bits per heavy atom. The molecular formula is C7H9N2. The molecule has 2 nitrogen and oxygen atoms in total. The van der Waals surface area contributed by atoms with Gasteiger partial charge in [0.25, 0.3) is 0 Å². The van der Waals surface area contributed by atoms with Crippen LogP contribution in [0.25, 0.3) is 0 Å². The molecule has 47 valence electrons. The molecule has 1 heterocycles. The maximum Gasteiger partial charge on any atom is 0.144 e. The Kier molecular flexibility index (Phi) is 1.68. The van der Waals surface area contributed by atoms with Crippen LogP contribution in [0.1, 0.15) is 12.5 Å². The summed E-state index contributed by atoms with van der Waals surface area (Å²) in [5.74, 6) is 0.356. The summed E-state index contributed by atoms with van der Waals surface area (Å²) in [5.41, 5.74) is 8.30. The van der Waals surface area contributed by atoms with Crippen molar-refractivity contribution in [1.82, 2.24) is 10.7 Å². The standard InChI is InChI=1S/C7H9N2/c1-2-6-3-4-9-7(8)5-6/h3-5,8H,2H2,1H3. The molecule has 0 saturated carbocycles. The highest BCUT2D eigenvalue weighted by atomic mass is 14.8. The average molecular weight is 121 g/mol. The maximum absolute atomic E-state index is 7.13. The van der Waals surface area contributed by atoms with Crippen LogP contribution in [0, 0.1) is 0 Å². The number of rotatable bonds is 1. The van der Waals surface area contributed by atoms with Gasteiger partial charge in [-0.1, -0.05) is 6.92 Å². The van der Waals surface area contributed by atoms with E-state index in [4.69, 9.17) is 5.73 Å². The van der Waals surface area contributed by atoms with E-state index in [1.165, 1.54) is 5.56 Å². The largest absolute Gasteiger partial charge is 0.283 e. The molecule has 0 atom stereocenters. The van der Waals surface area contributed by atoms with E-state index in [-0.39, 0.29) is 0 Å². The van der Waals surface area contributed by atoms with Crippen LogP contribution in [-0.2, 0) is 6.42 Å². The molecule has 1 aromatic rings. The minimum Gasteiger partial charge on any atom is -0.283 e. The monoisotopic (exact) mass is 121 g/mol. The van der Waals surface area contributed by atoms with Crippen molar-refractivity contribution in [3.8, 4) is 0 Å². The lowest BCUT2D eigenvalue weighted by atomic mass is 10.2. The fourth-order valence-corrected chi connectivity index (χ4v) is 0.694. The molecule has 1 N–H and O–H groups in total. The zero-order valence-electron chi connectivity index (χ0n) is 5.39. The van der Waals surface area contributed by atoms with E-state index in [2.05, 4.69) is 11.9 Å². The van der Waals surface area contributed by atoms with Gasteiger partial charge < -0.3 is 0 Å². The number of aromatic nitrogens is 1. The molecule has 0 amide bonds. The van der Waals surface area contributed by atoms with Crippen LogP contribution in [0.3, 0.4) is 0 Å². The fraction of sp³-hybridized carbons (Fsp3) is 0.286. The molecule has 9 heavy (non-hydrogen) atoms. The summed E-state index contributed by atoms with van der Waals surface area (Å²) in [7, 11) is 0. The van der Waals surface area contributed by atoms with E-state index in [1.807, 2.05) is 6.07 Å². The zero-order valence-corrected chi connectivity index (χ0v) is 5.39. The first-order chi connectivity index (χ1) is 4.33. The molecule has 1 aromatic heterocycles. The van der Waals surface area contributed by atoms with Crippen molar-refractivity contribution >= 4 is 5.82 Å². The molecule has 1 radical (unpaired) electrons. The van der Waals surface area contributed by atoms with E-state index < -0.39 is 0 Å². The lowest BCUT2D eigenvalue weighted by Crippen LogP contribution is -1.81. The van der Waals surface area contributed by atoms with Crippen molar-refractivity contribution in [2.75, 3.05) is 0 Å². The minimum atomic E-state index is 0.356. The second kappa shape index (κ2) is 2.49. The van der Waals surface area contributed by atoms with Crippen LogP contribution in [0.15, 0.2) is 18.3 Å². The summed E-state index contributed by atoms with van der Waals surface area (Å²) >= 11 is 0. The Morgan fingerprint density at radius 3 is 2.89 bits per heavy atom. The van der Waals surface area contributed by atoms with Crippen LogP contribution in [0.2, 0.25) is 0 Å². The van der Waals surface area contributed by atoms with Gasteiger partial charge in [0, 0.05) is 6.20 Å². The van der Waals surface area contributed by atoms with Crippen LogP contribution in [-0.4, -0.2) is 4.98 Å². The number of nitrogens with zero attached hydrogens (tertiary/aromatic N) is 1. The predicted octanol–water partition coefficient (Wildman–Crippen LogP) is 1.56. The highest BCUT2D eigenvalue weighted by Crippen LogP contribution is 2.03. The van der Waals surface area contributed by atoms with E-state index >= 15 is 0 Å². The molecule has 0 aromatic carbocycles. The molecule has 0 aliphatic rings. The third-order valence-electron chi connectivity index (χ3n) is 1.23. The number of nitrogens with one attached hydrogen (secondary N) is 1. The summed E-state index contributed by atoms with van der Waals surface area (Å²) in [4.78, 5) is 3.75. The molecule has 0 bridgehead atoms. The third-order valence-corrected chi connectivity index (χ3v) is 1.23. The van der Waals surface area contributed by atoms with Gasteiger partial charge in [0.05, 0.1) is 0 Å². The summed E-state index contributed by atoms with van der Waals surface area (Å²) in [5, 5.41) is 0. The Hall–Kier alpha value is -1.05. The molecule has 1 rings (SSSR count). The van der Waals surface area contributed by atoms with Crippen LogP contribution >= 0.6 is 0 Å². The highest BCUT2D eigenvalue weighted by molar-refractivity contribution is 5.27. The Balaban J connectivity index is 2.94. The van der Waals surface area contributed by atoms with Gasteiger partial charge in [-0.3, -0.25) is 5.73 Å². The van der Waals surface area contributed by atoms with Gasteiger partial charge in [-0.15, -0.1) is 0 Å². The first-order valence-electron chi connectivity index (χ1n) is 2.99. The summed E-state index contributed by atoms with van der Waals surface area (Å²) in [6.07, 6.45) is 2.65. The lowest BCUT2D eigenvalue weighted by Gasteiger charge is -1.93. The van der Waals surface area contributed by atoms with Crippen molar-refractivity contribution in [1.29, 1.82) is 0 Å². The third kappa shape index (κ3) is 1.42. The smallest absolute Gasteiger partial charge is 0.144 e. The summed E-state index contributed by atoms with van der Waals surface area (Å²) < 4.78 is 0. The van der Waals surface area contributed by atoms with E-state index in [9.17, 15) is 0 Å². The SMILES string of the molecule is CCc1ccnc([NH])c1. The Morgan fingerprint density at radius 1 is 1.67 bits per heavy atom. The van der Waals surface area contributed by atoms with Crippen LogP contribution in [0.5, 0.6) is 0 Å². The maximum atomic E-state index is 7.13. The minimum absolute atomic E-state index is 0.356. The zero-order chi connectivity index (χ0) is 6.69. The highest BCUT2D eigenvalue weighted by Gasteiger charge is 1.88. The van der Waals surface area contributed by atoms with Crippen molar-refractivity contribution in [2.45, 2.75) is 13.3 Å². The number of aryl methyl sites for hydroxylation is 1. The first kappa shape index (κ1) is 6.08. The topological polar surface area (TPSA) is 36.7 Å². The van der Waals surface area contributed by atoms with E-state index in [1.54, 1.807) is 12.3 Å². The van der Waals surface area contributed by atoms with Gasteiger partial charge in [0.2, 0.25) is 0 Å². The van der Waals surface area contributed by atoms with Gasteiger partial charge in [-0.2, -0.15) is 0 Å². The lowest BCUT2D eigenvalue weighted by molar-refractivity contribution is 1.11. The normalized spacial score (nSPS) is 9.44. The Labute approximate surface area is 54.7 Å². The predicted molar refractivity (Wildman–Crippen MR) is 36.4 cm³/mol. The molecule has 0 aliphatic heterocycles. The molecule has 0 saturated heterocycles. The van der Waals surface area contributed by atoms with E-state index in [0.29, 0.717) is 5.82 Å². The first-order valence-corrected chi connectivity index (χ1v) is 2.99. The second-order valence-corrected chi connectivity index (χ2v) is 1.90. The molecule has 0 fully saturated rings. The van der Waals surface area contributed by atoms with Gasteiger partial charge in [-0.25, -0.2) is 4.98 Å². The Bertz CT molecular complexity index is 196. The molecule has 0 spiro atoms. The fourth-order valence-electron chi connectivity index (χ4n) is 0.694. The molecule has 0 aliphatic carbocycles. The van der Waals surface area contributed by atoms with Crippen molar-refractivity contribution in [3.63, 3.8) is 0 Å². The van der Waals surface area contributed by atoms with Crippen molar-refractivity contribution in [3.05, 3.63) is 23.9 Å². The quantitative estimate of drug-likeness (QED) is 0.555.